The molecule has 0 atom stereocenters. The van der Waals surface area contributed by atoms with Crippen molar-refractivity contribution in [1.29, 1.82) is 0 Å². The Labute approximate surface area is 274 Å². The first-order chi connectivity index (χ1) is 22.1. The number of benzene rings is 4. The summed E-state index contributed by atoms with van der Waals surface area (Å²) in [6.45, 7) is 2.24. The third kappa shape index (κ3) is 5.77. The zero-order valence-corrected chi connectivity index (χ0v) is 27.3. The first kappa shape index (κ1) is 29.7. The number of oxazole rings is 1. The lowest BCUT2D eigenvalue weighted by Crippen LogP contribution is -2.42. The van der Waals surface area contributed by atoms with Gasteiger partial charge in [-0.05, 0) is 61.2 Å². The van der Waals surface area contributed by atoms with Gasteiger partial charge in [0.05, 0.1) is 11.4 Å². The number of hydrogen-bond donors (Lipinski definition) is 0. The van der Waals surface area contributed by atoms with E-state index in [-0.39, 0.29) is 5.91 Å². The van der Waals surface area contributed by atoms with Crippen LogP contribution in [0.15, 0.2) is 131 Å². The zero-order chi connectivity index (χ0) is 30.6. The van der Waals surface area contributed by atoms with Crippen LogP contribution in [0, 0.1) is 0 Å². The molecule has 0 N–H and O–H groups in total. The Morgan fingerprint density at radius 3 is 1.80 bits per heavy atom. The topological polar surface area (TPSA) is 49.6 Å². The fourth-order valence-electron chi connectivity index (χ4n) is 6.19. The minimum absolute atomic E-state index is 0.122. The van der Waals surface area contributed by atoms with Crippen LogP contribution in [-0.4, -0.2) is 33.2 Å². The Balaban J connectivity index is 1.41. The van der Waals surface area contributed by atoms with Gasteiger partial charge in [-0.2, -0.15) is 4.98 Å². The minimum atomic E-state index is -2.52. The third-order valence-corrected chi connectivity index (χ3v) is 13.8. The molecule has 7 rings (SSSR count). The Bertz CT molecular complexity index is 1730. The number of carbonyl (C=O) groups is 1. The standard InChI is InChI=1S/C37H33N3O2PS2/c41-35-32(45-37(44)40(35)27-28-16-6-1-7-17-28)26-33-38-34(36(42-33)39-24-14-5-15-25-39)43(29-18-8-2-9-19-29,30-20-10-3-11-21-30)31-22-12-4-13-23-31/h1-4,6-13,16-23,26H,5,14-15,24-25,27H2/q+1. The Hall–Kier alpha value is -4.03. The van der Waals surface area contributed by atoms with Gasteiger partial charge < -0.3 is 9.32 Å². The smallest absolute Gasteiger partial charge is 0.266 e. The number of thioether (sulfide) groups is 1. The van der Waals surface area contributed by atoms with Gasteiger partial charge in [-0.1, -0.05) is 109 Å². The van der Waals surface area contributed by atoms with Crippen molar-refractivity contribution < 1.29 is 9.21 Å². The molecule has 224 valence electrons. The van der Waals surface area contributed by atoms with E-state index in [1.54, 1.807) is 11.0 Å². The number of hydrogen-bond acceptors (Lipinski definition) is 6. The molecule has 45 heavy (non-hydrogen) atoms. The van der Waals surface area contributed by atoms with E-state index in [0.717, 1.165) is 42.8 Å². The summed E-state index contributed by atoms with van der Waals surface area (Å²) in [7, 11) is -2.52. The molecule has 0 spiro atoms. The van der Waals surface area contributed by atoms with Crippen molar-refractivity contribution in [2.45, 2.75) is 25.8 Å². The predicted molar refractivity (Wildman–Crippen MR) is 193 cm³/mol. The van der Waals surface area contributed by atoms with Crippen LogP contribution in [-0.2, 0) is 11.3 Å². The second-order valence-electron chi connectivity index (χ2n) is 11.2. The summed E-state index contributed by atoms with van der Waals surface area (Å²) in [6.07, 6.45) is 5.19. The van der Waals surface area contributed by atoms with E-state index in [0.29, 0.717) is 21.7 Å². The van der Waals surface area contributed by atoms with Crippen molar-refractivity contribution in [3.05, 3.63) is 138 Å². The van der Waals surface area contributed by atoms with Crippen LogP contribution >= 0.6 is 31.2 Å². The summed E-state index contributed by atoms with van der Waals surface area (Å²) in [6, 6.07) is 42.1. The maximum atomic E-state index is 13.7. The minimum Gasteiger partial charge on any atom is -0.417 e. The van der Waals surface area contributed by atoms with E-state index >= 15 is 0 Å². The molecule has 3 heterocycles. The average Bonchev–Trinajstić information content (AvgIpc) is 3.64. The second-order valence-corrected chi connectivity index (χ2v) is 16.1. The number of rotatable bonds is 8. The second kappa shape index (κ2) is 13.1. The summed E-state index contributed by atoms with van der Waals surface area (Å²) < 4.78 is 7.30. The SMILES string of the molecule is O=C1C(=Cc2nc([P+](c3ccccc3)(c3ccccc3)c3ccccc3)c(N3CCCCC3)o2)SC(=S)N1Cc1ccccc1. The van der Waals surface area contributed by atoms with Gasteiger partial charge in [0.1, 0.15) is 20.2 Å². The lowest BCUT2D eigenvalue weighted by molar-refractivity contribution is -0.122. The summed E-state index contributed by atoms with van der Waals surface area (Å²) in [5.41, 5.74) is 1.96. The fraction of sp³-hybridized carbons (Fsp3) is 0.162. The van der Waals surface area contributed by atoms with Crippen LogP contribution in [0.5, 0.6) is 0 Å². The maximum absolute atomic E-state index is 13.7. The highest BCUT2D eigenvalue weighted by Crippen LogP contribution is 2.56. The van der Waals surface area contributed by atoms with Crippen molar-refractivity contribution in [2.24, 2.45) is 0 Å². The maximum Gasteiger partial charge on any atom is 0.266 e. The van der Waals surface area contributed by atoms with Gasteiger partial charge in [-0.15, -0.1) is 0 Å². The predicted octanol–water partition coefficient (Wildman–Crippen LogP) is 6.69. The summed E-state index contributed by atoms with van der Waals surface area (Å²) >= 11 is 6.98. The first-order valence-electron chi connectivity index (χ1n) is 15.3. The highest BCUT2D eigenvalue weighted by Gasteiger charge is 2.53. The monoisotopic (exact) mass is 646 g/mol. The van der Waals surface area contributed by atoms with Gasteiger partial charge in [0.15, 0.2) is 7.26 Å². The molecule has 2 fully saturated rings. The van der Waals surface area contributed by atoms with Gasteiger partial charge >= 0.3 is 0 Å². The molecule has 5 nitrogen and oxygen atoms in total. The molecule has 8 heteroatoms. The number of piperidine rings is 1. The number of nitrogens with zero attached hydrogens (tertiary/aromatic N) is 3. The Morgan fingerprint density at radius 1 is 0.756 bits per heavy atom. The Kier molecular flexibility index (Phi) is 8.66. The lowest BCUT2D eigenvalue weighted by Gasteiger charge is -2.30. The van der Waals surface area contributed by atoms with E-state index in [1.165, 1.54) is 34.1 Å². The number of aromatic nitrogens is 1. The third-order valence-electron chi connectivity index (χ3n) is 8.31. The van der Waals surface area contributed by atoms with E-state index < -0.39 is 7.26 Å². The number of carbonyl (C=O) groups excluding carboxylic acids is 1. The van der Waals surface area contributed by atoms with Crippen LogP contribution in [0.3, 0.4) is 0 Å². The van der Waals surface area contributed by atoms with Crippen molar-refractivity contribution in [1.82, 2.24) is 9.88 Å². The van der Waals surface area contributed by atoms with Crippen LogP contribution in [0.2, 0.25) is 0 Å². The first-order valence-corrected chi connectivity index (χ1v) is 18.3. The van der Waals surface area contributed by atoms with E-state index in [2.05, 4.69) is 95.9 Å². The zero-order valence-electron chi connectivity index (χ0n) is 24.8. The molecule has 2 aliphatic rings. The molecule has 2 aliphatic heterocycles. The molecule has 2 saturated heterocycles. The van der Waals surface area contributed by atoms with Gasteiger partial charge in [0.25, 0.3) is 17.2 Å². The number of amides is 1. The highest BCUT2D eigenvalue weighted by atomic mass is 32.2. The van der Waals surface area contributed by atoms with Crippen molar-refractivity contribution >= 4 is 74.8 Å². The normalized spacial score (nSPS) is 16.5. The van der Waals surface area contributed by atoms with Crippen LogP contribution in [0.25, 0.3) is 6.08 Å². The van der Waals surface area contributed by atoms with Crippen molar-refractivity contribution in [3.8, 4) is 0 Å². The lowest BCUT2D eigenvalue weighted by atomic mass is 10.1. The summed E-state index contributed by atoms with van der Waals surface area (Å²) in [5.74, 6) is 1.10. The molecular weight excluding hydrogens is 614 g/mol. The van der Waals surface area contributed by atoms with Gasteiger partial charge in [0.2, 0.25) is 5.89 Å². The molecule has 0 bridgehead atoms. The fourth-order valence-corrected chi connectivity index (χ4v) is 11.6. The van der Waals surface area contributed by atoms with Crippen LogP contribution < -0.4 is 26.2 Å². The molecule has 5 aromatic rings. The molecule has 0 aliphatic carbocycles. The number of anilines is 1. The van der Waals surface area contributed by atoms with E-state index in [9.17, 15) is 4.79 Å². The summed E-state index contributed by atoms with van der Waals surface area (Å²) in [4.78, 5) is 23.6. The molecular formula is C37H33N3O2PS2+. The van der Waals surface area contributed by atoms with E-state index in [4.69, 9.17) is 21.6 Å². The summed E-state index contributed by atoms with van der Waals surface area (Å²) in [5, 5.41) is 3.61. The molecule has 0 unspecified atom stereocenters. The molecule has 4 aromatic carbocycles. The quantitative estimate of drug-likeness (QED) is 0.107. The van der Waals surface area contributed by atoms with Crippen molar-refractivity contribution in [2.75, 3.05) is 18.0 Å². The van der Waals surface area contributed by atoms with Gasteiger partial charge in [0, 0.05) is 19.2 Å². The number of thiocarbonyl (C=S) groups is 1. The highest BCUT2D eigenvalue weighted by molar-refractivity contribution is 8.26. The van der Waals surface area contributed by atoms with Crippen LogP contribution in [0.1, 0.15) is 30.7 Å². The average molecular weight is 647 g/mol. The van der Waals surface area contributed by atoms with Gasteiger partial charge in [-0.3, -0.25) is 9.69 Å². The van der Waals surface area contributed by atoms with Gasteiger partial charge in [-0.25, -0.2) is 0 Å². The molecule has 0 saturated carbocycles. The molecule has 1 aromatic heterocycles. The van der Waals surface area contributed by atoms with E-state index in [1.807, 2.05) is 30.3 Å². The molecule has 1 amide bonds. The molecule has 0 radical (unpaired) electrons. The van der Waals surface area contributed by atoms with Crippen LogP contribution in [0.4, 0.5) is 5.88 Å². The largest absolute Gasteiger partial charge is 0.417 e. The van der Waals surface area contributed by atoms with Crippen molar-refractivity contribution in [3.63, 3.8) is 0 Å². The Morgan fingerprint density at radius 2 is 1.27 bits per heavy atom.